The summed E-state index contributed by atoms with van der Waals surface area (Å²) in [5, 5.41) is 5.07. The highest BCUT2D eigenvalue weighted by molar-refractivity contribution is 5.94. The first kappa shape index (κ1) is 13.1. The second-order valence-corrected chi connectivity index (χ2v) is 4.12. The van der Waals surface area contributed by atoms with Crippen molar-refractivity contribution < 1.29 is 18.7 Å². The van der Waals surface area contributed by atoms with Crippen molar-refractivity contribution >= 4 is 12.0 Å². The first-order valence-corrected chi connectivity index (χ1v) is 5.65. The molecule has 0 aromatic heterocycles. The van der Waals surface area contributed by atoms with Gasteiger partial charge in [0.15, 0.2) is 0 Å². The van der Waals surface area contributed by atoms with E-state index in [1.807, 2.05) is 0 Å². The van der Waals surface area contributed by atoms with Crippen LogP contribution in [0, 0.1) is 5.82 Å². The monoisotopic (exact) mass is 264 g/mol. The van der Waals surface area contributed by atoms with Gasteiger partial charge in [-0.2, -0.15) is 0 Å². The molecule has 1 aromatic rings. The topological polar surface area (TPSA) is 67.4 Å². The summed E-state index contributed by atoms with van der Waals surface area (Å²) in [7, 11) is 1.25. The molecule has 100 valence electrons. The molecular weight excluding hydrogens is 251 g/mol. The number of hydrogen-bond acceptors (Lipinski definition) is 3. The molecule has 1 unspecified atom stereocenters. The van der Waals surface area contributed by atoms with Crippen LogP contribution in [0.15, 0.2) is 35.5 Å². The van der Waals surface area contributed by atoms with Crippen molar-refractivity contribution in [3.63, 3.8) is 0 Å². The third kappa shape index (κ3) is 2.57. The highest BCUT2D eigenvalue weighted by Gasteiger charge is 2.31. The Morgan fingerprint density at radius 1 is 1.42 bits per heavy atom. The molecule has 0 aliphatic carbocycles. The van der Waals surface area contributed by atoms with E-state index in [9.17, 15) is 14.0 Å². The van der Waals surface area contributed by atoms with Crippen LogP contribution in [-0.2, 0) is 9.53 Å². The minimum Gasteiger partial charge on any atom is -0.466 e. The van der Waals surface area contributed by atoms with Gasteiger partial charge in [0.05, 0.1) is 18.7 Å². The number of nitrogens with one attached hydrogen (secondary N) is 2. The van der Waals surface area contributed by atoms with Gasteiger partial charge in [-0.1, -0.05) is 12.1 Å². The van der Waals surface area contributed by atoms with Gasteiger partial charge in [0.25, 0.3) is 0 Å². The van der Waals surface area contributed by atoms with Gasteiger partial charge >= 0.3 is 12.0 Å². The fraction of sp³-hybridized carbons (Fsp3) is 0.231. The van der Waals surface area contributed by atoms with E-state index < -0.39 is 23.9 Å². The molecule has 0 radical (unpaired) electrons. The Labute approximate surface area is 109 Å². The second kappa shape index (κ2) is 5.09. The van der Waals surface area contributed by atoms with Crippen LogP contribution in [0.25, 0.3) is 0 Å². The molecule has 2 N–H and O–H groups in total. The number of carbonyl (C=O) groups excluding carboxylic acids is 2. The minimum atomic E-state index is -0.725. The minimum absolute atomic E-state index is 0.257. The number of methoxy groups -OCH3 is 1. The molecule has 0 saturated carbocycles. The van der Waals surface area contributed by atoms with Crippen LogP contribution < -0.4 is 10.6 Å². The van der Waals surface area contributed by atoms with Crippen LogP contribution in [0.5, 0.6) is 0 Å². The van der Waals surface area contributed by atoms with Crippen molar-refractivity contribution in [2.45, 2.75) is 13.0 Å². The Balaban J connectivity index is 2.49. The Hall–Kier alpha value is -2.37. The molecule has 1 aliphatic heterocycles. The summed E-state index contributed by atoms with van der Waals surface area (Å²) in [6.45, 7) is 1.59. The fourth-order valence-corrected chi connectivity index (χ4v) is 2.01. The number of amides is 2. The SMILES string of the molecule is COC(=O)C1=C(C)NC(=O)NC1c1cccc(F)c1. The maximum Gasteiger partial charge on any atom is 0.337 e. The van der Waals surface area contributed by atoms with E-state index in [2.05, 4.69) is 10.6 Å². The van der Waals surface area contributed by atoms with E-state index in [-0.39, 0.29) is 5.57 Å². The zero-order chi connectivity index (χ0) is 14.0. The molecule has 1 aromatic carbocycles. The standard InChI is InChI=1S/C13H13FN2O3/c1-7-10(12(17)19-2)11(16-13(18)15-7)8-4-3-5-9(14)6-8/h3-6,11H,1-2H3,(H2,15,16,18). The summed E-state index contributed by atoms with van der Waals surface area (Å²) >= 11 is 0. The maximum atomic E-state index is 13.3. The van der Waals surface area contributed by atoms with Gasteiger partial charge in [-0.05, 0) is 24.6 Å². The number of carbonyl (C=O) groups is 2. The van der Waals surface area contributed by atoms with Crippen molar-refractivity contribution in [2.75, 3.05) is 7.11 Å². The van der Waals surface area contributed by atoms with Gasteiger partial charge in [-0.3, -0.25) is 0 Å². The summed E-state index contributed by atoms with van der Waals surface area (Å²) < 4.78 is 18.0. The summed E-state index contributed by atoms with van der Waals surface area (Å²) in [6, 6.07) is 4.54. The van der Waals surface area contributed by atoms with Crippen LogP contribution in [0.1, 0.15) is 18.5 Å². The molecule has 1 heterocycles. The molecule has 19 heavy (non-hydrogen) atoms. The number of ether oxygens (including phenoxy) is 1. The average molecular weight is 264 g/mol. The molecule has 2 amide bonds. The van der Waals surface area contributed by atoms with E-state index in [1.54, 1.807) is 13.0 Å². The molecule has 5 nitrogen and oxygen atoms in total. The quantitative estimate of drug-likeness (QED) is 0.798. The lowest BCUT2D eigenvalue weighted by Crippen LogP contribution is -2.45. The Morgan fingerprint density at radius 2 is 2.16 bits per heavy atom. The average Bonchev–Trinajstić information content (AvgIpc) is 2.37. The molecular formula is C13H13FN2O3. The van der Waals surface area contributed by atoms with Crippen LogP contribution in [0.4, 0.5) is 9.18 Å². The van der Waals surface area contributed by atoms with Crippen LogP contribution in [-0.4, -0.2) is 19.1 Å². The lowest BCUT2D eigenvalue weighted by molar-refractivity contribution is -0.136. The number of hydrogen-bond donors (Lipinski definition) is 2. The normalized spacial score (nSPS) is 18.7. The van der Waals surface area contributed by atoms with Crippen molar-refractivity contribution in [3.8, 4) is 0 Å². The predicted octanol–water partition coefficient (Wildman–Crippen LogP) is 1.63. The Morgan fingerprint density at radius 3 is 2.79 bits per heavy atom. The molecule has 0 spiro atoms. The largest absolute Gasteiger partial charge is 0.466 e. The van der Waals surface area contributed by atoms with E-state index in [1.165, 1.54) is 25.3 Å². The lowest BCUT2D eigenvalue weighted by Gasteiger charge is -2.27. The summed E-state index contributed by atoms with van der Waals surface area (Å²) in [5.41, 5.74) is 1.13. The molecule has 6 heteroatoms. The van der Waals surface area contributed by atoms with Crippen LogP contribution >= 0.6 is 0 Å². The van der Waals surface area contributed by atoms with E-state index >= 15 is 0 Å². The zero-order valence-electron chi connectivity index (χ0n) is 10.5. The van der Waals surface area contributed by atoms with Crippen LogP contribution in [0.3, 0.4) is 0 Å². The summed E-state index contributed by atoms with van der Waals surface area (Å²) in [5.74, 6) is -1.01. The van der Waals surface area contributed by atoms with Crippen LogP contribution in [0.2, 0.25) is 0 Å². The molecule has 1 aliphatic rings. The van der Waals surface area contributed by atoms with Crippen molar-refractivity contribution in [1.82, 2.24) is 10.6 Å². The van der Waals surface area contributed by atoms with Crippen molar-refractivity contribution in [2.24, 2.45) is 0 Å². The summed E-state index contributed by atoms with van der Waals surface area (Å²) in [6.07, 6.45) is 0. The molecule has 2 rings (SSSR count). The van der Waals surface area contributed by atoms with Gasteiger partial charge in [0.2, 0.25) is 0 Å². The number of urea groups is 1. The lowest BCUT2D eigenvalue weighted by atomic mass is 9.95. The van der Waals surface area contributed by atoms with E-state index in [0.717, 1.165) is 0 Å². The van der Waals surface area contributed by atoms with Gasteiger partial charge in [0.1, 0.15) is 5.82 Å². The van der Waals surface area contributed by atoms with Gasteiger partial charge < -0.3 is 15.4 Å². The van der Waals surface area contributed by atoms with Gasteiger partial charge in [0, 0.05) is 5.70 Å². The third-order valence-corrected chi connectivity index (χ3v) is 2.86. The first-order chi connectivity index (χ1) is 9.02. The molecule has 0 saturated heterocycles. The van der Waals surface area contributed by atoms with Crippen molar-refractivity contribution in [1.29, 1.82) is 0 Å². The second-order valence-electron chi connectivity index (χ2n) is 4.12. The van der Waals surface area contributed by atoms with Gasteiger partial charge in [-0.25, -0.2) is 14.0 Å². The predicted molar refractivity (Wildman–Crippen MR) is 65.5 cm³/mol. The first-order valence-electron chi connectivity index (χ1n) is 5.65. The molecule has 0 bridgehead atoms. The number of benzene rings is 1. The van der Waals surface area contributed by atoms with Gasteiger partial charge in [-0.15, -0.1) is 0 Å². The number of halogens is 1. The smallest absolute Gasteiger partial charge is 0.337 e. The zero-order valence-corrected chi connectivity index (χ0v) is 10.5. The Kier molecular flexibility index (Phi) is 3.50. The number of rotatable bonds is 2. The molecule has 1 atom stereocenters. The molecule has 0 fully saturated rings. The van der Waals surface area contributed by atoms with Crippen molar-refractivity contribution in [3.05, 3.63) is 46.9 Å². The van der Waals surface area contributed by atoms with E-state index in [0.29, 0.717) is 11.3 Å². The third-order valence-electron chi connectivity index (χ3n) is 2.86. The Bertz CT molecular complexity index is 569. The highest BCUT2D eigenvalue weighted by atomic mass is 19.1. The fourth-order valence-electron chi connectivity index (χ4n) is 2.01. The number of allylic oxidation sites excluding steroid dienone is 1. The maximum absolute atomic E-state index is 13.3. The summed E-state index contributed by atoms with van der Waals surface area (Å²) in [4.78, 5) is 23.3. The number of esters is 1. The van der Waals surface area contributed by atoms with E-state index in [4.69, 9.17) is 4.74 Å². The highest BCUT2D eigenvalue weighted by Crippen LogP contribution is 2.27.